The molecule has 0 aliphatic heterocycles. The van der Waals surface area contributed by atoms with Gasteiger partial charge in [-0.1, -0.05) is 13.8 Å². The van der Waals surface area contributed by atoms with E-state index in [-0.39, 0.29) is 0 Å². The lowest BCUT2D eigenvalue weighted by Crippen LogP contribution is -1.85. The predicted molar refractivity (Wildman–Crippen MR) is 35.6 cm³/mol. The molecule has 0 saturated heterocycles. The van der Waals surface area contributed by atoms with Gasteiger partial charge in [0.15, 0.2) is 0 Å². The van der Waals surface area contributed by atoms with Crippen LogP contribution in [0.5, 0.6) is 0 Å². The Morgan fingerprint density at radius 3 is 2.56 bits per heavy atom. The van der Waals surface area contributed by atoms with E-state index in [1.165, 1.54) is 0 Å². The Labute approximate surface area is 54.5 Å². The Balaban J connectivity index is 3.36. The van der Waals surface area contributed by atoms with Crippen molar-refractivity contribution in [3.63, 3.8) is 0 Å². The minimum absolute atomic E-state index is 0.442. The molecule has 0 aromatic heterocycles. The number of hydrogen-bond acceptors (Lipinski definition) is 2. The van der Waals surface area contributed by atoms with Crippen molar-refractivity contribution in [3.05, 3.63) is 22.4 Å². The summed E-state index contributed by atoms with van der Waals surface area (Å²) in [6.45, 7) is 4.04. The summed E-state index contributed by atoms with van der Waals surface area (Å²) in [5.41, 5.74) is 0. The van der Waals surface area contributed by atoms with Crippen molar-refractivity contribution < 1.29 is 4.92 Å². The van der Waals surface area contributed by atoms with Crippen LogP contribution in [0.25, 0.3) is 0 Å². The van der Waals surface area contributed by atoms with Crippen LogP contribution in [0.2, 0.25) is 0 Å². The summed E-state index contributed by atoms with van der Waals surface area (Å²) in [5, 5.41) is 9.70. The van der Waals surface area contributed by atoms with Gasteiger partial charge in [0.2, 0.25) is 6.20 Å². The second-order valence-electron chi connectivity index (χ2n) is 2.30. The van der Waals surface area contributed by atoms with Crippen LogP contribution in [-0.2, 0) is 0 Å². The summed E-state index contributed by atoms with van der Waals surface area (Å²) in [4.78, 5) is 9.26. The Hall–Kier alpha value is -0.860. The zero-order valence-corrected chi connectivity index (χ0v) is 5.70. The topological polar surface area (TPSA) is 43.1 Å². The molecule has 0 unspecified atom stereocenters. The van der Waals surface area contributed by atoms with E-state index in [9.17, 15) is 10.1 Å². The molecule has 0 saturated carbocycles. The van der Waals surface area contributed by atoms with E-state index in [0.717, 1.165) is 12.6 Å². The highest BCUT2D eigenvalue weighted by Crippen LogP contribution is 1.98. The van der Waals surface area contributed by atoms with E-state index in [1.54, 1.807) is 6.08 Å². The number of rotatable bonds is 3. The molecule has 0 aromatic carbocycles. The van der Waals surface area contributed by atoms with Crippen LogP contribution in [0.15, 0.2) is 12.3 Å². The minimum Gasteiger partial charge on any atom is -0.259 e. The molecule has 0 amide bonds. The summed E-state index contributed by atoms with van der Waals surface area (Å²) in [6.07, 6.45) is 3.34. The third-order valence-corrected chi connectivity index (χ3v) is 0.835. The third-order valence-electron chi connectivity index (χ3n) is 0.835. The van der Waals surface area contributed by atoms with Gasteiger partial charge < -0.3 is 0 Å². The molecule has 0 aliphatic carbocycles. The Morgan fingerprint density at radius 1 is 1.67 bits per heavy atom. The van der Waals surface area contributed by atoms with E-state index >= 15 is 0 Å². The molecule has 0 spiro atoms. The molecule has 9 heavy (non-hydrogen) atoms. The van der Waals surface area contributed by atoms with E-state index in [2.05, 4.69) is 0 Å². The van der Waals surface area contributed by atoms with Crippen LogP contribution in [0.1, 0.15) is 20.3 Å². The molecule has 0 atom stereocenters. The fourth-order valence-corrected chi connectivity index (χ4v) is 0.419. The zero-order valence-electron chi connectivity index (χ0n) is 5.70. The zero-order chi connectivity index (χ0) is 7.28. The van der Waals surface area contributed by atoms with Gasteiger partial charge in [0.05, 0.1) is 4.92 Å². The Kier molecular flexibility index (Phi) is 3.67. The molecule has 52 valence electrons. The van der Waals surface area contributed by atoms with Crippen LogP contribution in [0.4, 0.5) is 0 Å². The molecule has 3 nitrogen and oxygen atoms in total. The van der Waals surface area contributed by atoms with Crippen molar-refractivity contribution in [2.24, 2.45) is 5.92 Å². The van der Waals surface area contributed by atoms with Gasteiger partial charge in [-0.05, 0) is 18.4 Å². The maximum absolute atomic E-state index is 9.70. The van der Waals surface area contributed by atoms with Crippen LogP contribution in [0.3, 0.4) is 0 Å². The van der Waals surface area contributed by atoms with Crippen LogP contribution in [-0.4, -0.2) is 4.92 Å². The molecule has 0 heterocycles. The van der Waals surface area contributed by atoms with E-state index < -0.39 is 4.92 Å². The van der Waals surface area contributed by atoms with Crippen molar-refractivity contribution >= 4 is 0 Å². The minimum atomic E-state index is -0.442. The molecule has 0 rings (SSSR count). The SMILES string of the molecule is CC(C)C/C=C/[N+](=O)[O-]. The molecule has 0 bridgehead atoms. The smallest absolute Gasteiger partial charge is 0.230 e. The van der Waals surface area contributed by atoms with Gasteiger partial charge in [-0.3, -0.25) is 10.1 Å². The number of nitro groups is 1. The van der Waals surface area contributed by atoms with Gasteiger partial charge in [-0.2, -0.15) is 0 Å². The lowest BCUT2D eigenvalue weighted by molar-refractivity contribution is -0.402. The van der Waals surface area contributed by atoms with Gasteiger partial charge in [-0.25, -0.2) is 0 Å². The summed E-state index contributed by atoms with van der Waals surface area (Å²) in [7, 11) is 0. The Morgan fingerprint density at radius 2 is 2.22 bits per heavy atom. The van der Waals surface area contributed by atoms with Crippen LogP contribution >= 0.6 is 0 Å². The number of nitrogens with zero attached hydrogens (tertiary/aromatic N) is 1. The van der Waals surface area contributed by atoms with Crippen molar-refractivity contribution in [2.75, 3.05) is 0 Å². The highest BCUT2D eigenvalue weighted by molar-refractivity contribution is 4.73. The number of allylic oxidation sites excluding steroid dienone is 1. The largest absolute Gasteiger partial charge is 0.259 e. The summed E-state index contributed by atoms with van der Waals surface area (Å²) < 4.78 is 0. The van der Waals surface area contributed by atoms with Gasteiger partial charge in [-0.15, -0.1) is 0 Å². The predicted octanol–water partition coefficient (Wildman–Crippen LogP) is 1.82. The maximum atomic E-state index is 9.70. The normalized spacial score (nSPS) is 11.0. The molecular weight excluding hydrogens is 118 g/mol. The van der Waals surface area contributed by atoms with Crippen LogP contribution in [0, 0.1) is 16.0 Å². The maximum Gasteiger partial charge on any atom is 0.230 e. The van der Waals surface area contributed by atoms with Gasteiger partial charge >= 0.3 is 0 Å². The van der Waals surface area contributed by atoms with E-state index in [1.807, 2.05) is 13.8 Å². The molecule has 0 aromatic rings. The first-order chi connectivity index (χ1) is 4.13. The van der Waals surface area contributed by atoms with Crippen molar-refractivity contribution in [3.8, 4) is 0 Å². The monoisotopic (exact) mass is 129 g/mol. The lowest BCUT2D eigenvalue weighted by atomic mass is 10.1. The molecule has 0 aliphatic rings. The van der Waals surface area contributed by atoms with E-state index in [0.29, 0.717) is 5.92 Å². The molecule has 0 fully saturated rings. The second-order valence-corrected chi connectivity index (χ2v) is 2.30. The average molecular weight is 129 g/mol. The van der Waals surface area contributed by atoms with Gasteiger partial charge in [0.25, 0.3) is 0 Å². The fraction of sp³-hybridized carbons (Fsp3) is 0.667. The van der Waals surface area contributed by atoms with E-state index in [4.69, 9.17) is 0 Å². The molecule has 3 heteroatoms. The fourth-order valence-electron chi connectivity index (χ4n) is 0.419. The highest BCUT2D eigenvalue weighted by atomic mass is 16.6. The quantitative estimate of drug-likeness (QED) is 0.431. The standard InChI is InChI=1S/C6H11NO2/c1-6(2)4-3-5-7(8)9/h3,5-6H,4H2,1-2H3/b5-3+. The highest BCUT2D eigenvalue weighted by Gasteiger charge is 1.89. The van der Waals surface area contributed by atoms with Crippen molar-refractivity contribution in [2.45, 2.75) is 20.3 Å². The van der Waals surface area contributed by atoms with Gasteiger partial charge in [0, 0.05) is 0 Å². The molecular formula is C6H11NO2. The summed E-state index contributed by atoms with van der Waals surface area (Å²) in [5.74, 6) is 0.501. The molecule has 0 radical (unpaired) electrons. The first-order valence-corrected chi connectivity index (χ1v) is 2.93. The summed E-state index contributed by atoms with van der Waals surface area (Å²) in [6, 6.07) is 0. The summed E-state index contributed by atoms with van der Waals surface area (Å²) >= 11 is 0. The first-order valence-electron chi connectivity index (χ1n) is 2.93. The first kappa shape index (κ1) is 8.14. The van der Waals surface area contributed by atoms with Crippen molar-refractivity contribution in [1.82, 2.24) is 0 Å². The molecule has 0 N–H and O–H groups in total. The van der Waals surface area contributed by atoms with Crippen molar-refractivity contribution in [1.29, 1.82) is 0 Å². The second kappa shape index (κ2) is 4.06. The number of hydrogen-bond donors (Lipinski definition) is 0. The lowest BCUT2D eigenvalue weighted by Gasteiger charge is -1.92. The third kappa shape index (κ3) is 7.14. The average Bonchev–Trinajstić information content (AvgIpc) is 1.63. The Bertz CT molecular complexity index is 118. The van der Waals surface area contributed by atoms with Crippen LogP contribution < -0.4 is 0 Å². The van der Waals surface area contributed by atoms with Gasteiger partial charge in [0.1, 0.15) is 0 Å².